The molecular formula is C45H35N5. The molecule has 3 aliphatic carbocycles. The normalized spacial score (nSPS) is 17.3. The molecule has 240 valence electrons. The lowest BCUT2D eigenvalue weighted by Crippen LogP contribution is -2.30. The molecule has 0 radical (unpaired) electrons. The molecule has 9 rings (SSSR count). The number of benzene rings is 4. The fraction of sp³-hybridized carbons (Fsp3) is 0.178. The van der Waals surface area contributed by atoms with E-state index in [1.54, 1.807) is 6.20 Å². The van der Waals surface area contributed by atoms with Crippen molar-refractivity contribution in [3.05, 3.63) is 150 Å². The van der Waals surface area contributed by atoms with Crippen LogP contribution in [0.2, 0.25) is 0 Å². The second kappa shape index (κ2) is 12.5. The fourth-order valence-corrected chi connectivity index (χ4v) is 8.28. The Labute approximate surface area is 292 Å². The smallest absolute Gasteiger partial charge is 0.164 e. The molecule has 0 aliphatic heterocycles. The van der Waals surface area contributed by atoms with Gasteiger partial charge in [0.2, 0.25) is 0 Å². The minimum absolute atomic E-state index is 0.0384. The Bertz CT molecular complexity index is 2330. The highest BCUT2D eigenvalue weighted by molar-refractivity contribution is 5.89. The van der Waals surface area contributed by atoms with Crippen molar-refractivity contribution in [2.75, 3.05) is 0 Å². The van der Waals surface area contributed by atoms with Crippen LogP contribution in [0.3, 0.4) is 0 Å². The third-order valence-electron chi connectivity index (χ3n) is 10.8. The van der Waals surface area contributed by atoms with Gasteiger partial charge >= 0.3 is 0 Å². The zero-order valence-corrected chi connectivity index (χ0v) is 27.8. The van der Waals surface area contributed by atoms with Gasteiger partial charge in [-0.15, -0.1) is 0 Å². The number of hydrogen-bond acceptors (Lipinski definition) is 5. The molecule has 1 fully saturated rings. The molecular weight excluding hydrogens is 611 g/mol. The molecule has 0 saturated heterocycles. The summed E-state index contributed by atoms with van der Waals surface area (Å²) in [5.74, 6) is 1.88. The summed E-state index contributed by atoms with van der Waals surface area (Å²) in [5.41, 5.74) is 13.0. The van der Waals surface area contributed by atoms with Crippen molar-refractivity contribution in [2.45, 2.75) is 43.9 Å². The van der Waals surface area contributed by atoms with Gasteiger partial charge in [-0.1, -0.05) is 128 Å². The Hall–Kier alpha value is -5.99. The van der Waals surface area contributed by atoms with Gasteiger partial charge in [0.15, 0.2) is 17.5 Å². The average molecular weight is 646 g/mol. The molecule has 50 heavy (non-hydrogen) atoms. The van der Waals surface area contributed by atoms with Crippen molar-refractivity contribution >= 4 is 5.57 Å². The van der Waals surface area contributed by atoms with Gasteiger partial charge in [-0.3, -0.25) is 4.98 Å². The Morgan fingerprint density at radius 2 is 1.24 bits per heavy atom. The second-order valence-corrected chi connectivity index (χ2v) is 13.7. The van der Waals surface area contributed by atoms with E-state index >= 15 is 0 Å². The first-order chi connectivity index (χ1) is 24.7. The van der Waals surface area contributed by atoms with Crippen LogP contribution in [0.1, 0.15) is 49.7 Å². The van der Waals surface area contributed by atoms with E-state index in [0.29, 0.717) is 17.5 Å². The monoisotopic (exact) mass is 645 g/mol. The van der Waals surface area contributed by atoms with Crippen LogP contribution in [0.25, 0.3) is 62.0 Å². The summed E-state index contributed by atoms with van der Waals surface area (Å²) in [4.78, 5) is 19.3. The first kappa shape index (κ1) is 30.1. The Balaban J connectivity index is 1.11. The van der Waals surface area contributed by atoms with Gasteiger partial charge in [-0.05, 0) is 76.4 Å². The maximum absolute atomic E-state index is 9.81. The summed E-state index contributed by atoms with van der Waals surface area (Å²) in [5, 5.41) is 9.81. The van der Waals surface area contributed by atoms with Crippen LogP contribution in [0.4, 0.5) is 0 Å². The van der Waals surface area contributed by atoms with Gasteiger partial charge < -0.3 is 0 Å². The Morgan fingerprint density at radius 3 is 1.98 bits per heavy atom. The predicted molar refractivity (Wildman–Crippen MR) is 199 cm³/mol. The number of pyridine rings is 1. The molecule has 2 aromatic heterocycles. The fourth-order valence-electron chi connectivity index (χ4n) is 8.28. The van der Waals surface area contributed by atoms with E-state index in [2.05, 4.69) is 96.0 Å². The summed E-state index contributed by atoms with van der Waals surface area (Å²) in [7, 11) is 0. The number of nitrogens with zero attached hydrogens (tertiary/aromatic N) is 5. The van der Waals surface area contributed by atoms with Crippen molar-refractivity contribution in [1.82, 2.24) is 19.9 Å². The molecule has 5 heteroatoms. The quantitative estimate of drug-likeness (QED) is 0.186. The van der Waals surface area contributed by atoms with Gasteiger partial charge in [0.1, 0.15) is 0 Å². The Kier molecular flexibility index (Phi) is 7.51. The summed E-state index contributed by atoms with van der Waals surface area (Å²) in [6.07, 6.45) is 14.9. The summed E-state index contributed by atoms with van der Waals surface area (Å²) >= 11 is 0. The maximum atomic E-state index is 9.81. The highest BCUT2D eigenvalue weighted by atomic mass is 15.0. The first-order valence-corrected chi connectivity index (χ1v) is 17.6. The number of fused-ring (bicyclic) bond motifs is 4. The highest BCUT2D eigenvalue weighted by Crippen LogP contribution is 2.57. The van der Waals surface area contributed by atoms with Gasteiger partial charge in [0.25, 0.3) is 0 Å². The number of nitriles is 1. The Morgan fingerprint density at radius 1 is 0.600 bits per heavy atom. The third-order valence-corrected chi connectivity index (χ3v) is 10.8. The lowest BCUT2D eigenvalue weighted by atomic mass is 9.65. The molecule has 6 aromatic rings. The molecule has 1 unspecified atom stereocenters. The van der Waals surface area contributed by atoms with Crippen LogP contribution >= 0.6 is 0 Å². The minimum Gasteiger partial charge on any atom is -0.264 e. The molecule has 4 aromatic carbocycles. The standard InChI is InChI=1S/C45H35N5/c46-28-30-14-20-38-39-21-19-35(27-41(39)45(40(38)25-30)22-5-2-6-23-45)34-11-7-12-36(26-34)44-49-42(32-9-3-1-4-10-32)48-43(50-44)33-17-15-31(16-18-33)37-13-8-24-47-29-37/h1,3-4,7-21,24,26-27,29-30H,2,5-6,22-23,25H2. The van der Waals surface area contributed by atoms with Gasteiger partial charge in [-0.25, -0.2) is 15.0 Å². The molecule has 1 spiro atoms. The second-order valence-electron chi connectivity index (χ2n) is 13.7. The summed E-state index contributed by atoms with van der Waals surface area (Å²) in [6.45, 7) is 0. The number of allylic oxidation sites excluding steroid dienone is 4. The zero-order valence-electron chi connectivity index (χ0n) is 27.8. The first-order valence-electron chi connectivity index (χ1n) is 17.6. The van der Waals surface area contributed by atoms with Crippen molar-refractivity contribution in [3.63, 3.8) is 0 Å². The molecule has 2 heterocycles. The molecule has 1 saturated carbocycles. The van der Waals surface area contributed by atoms with E-state index in [4.69, 9.17) is 15.0 Å². The average Bonchev–Trinajstić information content (AvgIpc) is 3.45. The van der Waals surface area contributed by atoms with Crippen LogP contribution in [-0.2, 0) is 5.41 Å². The van der Waals surface area contributed by atoms with Crippen molar-refractivity contribution in [3.8, 4) is 62.5 Å². The summed E-state index contributed by atoms with van der Waals surface area (Å²) < 4.78 is 0. The van der Waals surface area contributed by atoms with Crippen molar-refractivity contribution < 1.29 is 0 Å². The summed E-state index contributed by atoms with van der Waals surface area (Å²) in [6, 6.07) is 40.6. The van der Waals surface area contributed by atoms with Crippen LogP contribution < -0.4 is 0 Å². The third kappa shape index (κ3) is 5.25. The number of rotatable bonds is 5. The minimum atomic E-state index is -0.0388. The number of aromatic nitrogens is 4. The van der Waals surface area contributed by atoms with E-state index < -0.39 is 0 Å². The molecule has 0 bridgehead atoms. The molecule has 5 nitrogen and oxygen atoms in total. The van der Waals surface area contributed by atoms with Crippen LogP contribution in [0.5, 0.6) is 0 Å². The lowest BCUT2D eigenvalue weighted by molar-refractivity contribution is 0.335. The maximum Gasteiger partial charge on any atom is 0.164 e. The molecule has 0 N–H and O–H groups in total. The van der Waals surface area contributed by atoms with Gasteiger partial charge in [0.05, 0.1) is 12.0 Å². The van der Waals surface area contributed by atoms with E-state index in [1.165, 1.54) is 47.1 Å². The SMILES string of the molecule is N#CC1C=CC2=C(C1)C1(CCCCC1)c1cc(-c3cccc(-c4nc(-c5ccccc5)nc(-c5ccc(-c6cccnc6)cc5)n4)c3)ccc12. The van der Waals surface area contributed by atoms with Gasteiger partial charge in [0, 0.05) is 34.5 Å². The zero-order chi connectivity index (χ0) is 33.5. The van der Waals surface area contributed by atoms with Crippen molar-refractivity contribution in [2.24, 2.45) is 5.92 Å². The highest BCUT2D eigenvalue weighted by Gasteiger charge is 2.46. The van der Waals surface area contributed by atoms with Crippen LogP contribution in [0.15, 0.2) is 139 Å². The van der Waals surface area contributed by atoms with E-state index in [9.17, 15) is 5.26 Å². The van der Waals surface area contributed by atoms with Crippen LogP contribution in [-0.4, -0.2) is 19.9 Å². The van der Waals surface area contributed by atoms with Crippen LogP contribution in [0, 0.1) is 17.2 Å². The topological polar surface area (TPSA) is 75.3 Å². The molecule has 0 amide bonds. The van der Waals surface area contributed by atoms with E-state index in [1.807, 2.05) is 42.6 Å². The van der Waals surface area contributed by atoms with E-state index in [-0.39, 0.29) is 11.3 Å². The predicted octanol–water partition coefficient (Wildman–Crippen LogP) is 10.7. The van der Waals surface area contributed by atoms with Crippen molar-refractivity contribution in [1.29, 1.82) is 5.26 Å². The largest absolute Gasteiger partial charge is 0.264 e. The number of hydrogen-bond donors (Lipinski definition) is 0. The van der Waals surface area contributed by atoms with E-state index in [0.717, 1.165) is 52.6 Å². The van der Waals surface area contributed by atoms with Gasteiger partial charge in [-0.2, -0.15) is 5.26 Å². The molecule has 1 atom stereocenters. The lowest BCUT2D eigenvalue weighted by Gasteiger charge is -2.39. The molecule has 3 aliphatic rings.